The summed E-state index contributed by atoms with van der Waals surface area (Å²) in [4.78, 5) is 31.3. The van der Waals surface area contributed by atoms with Gasteiger partial charge in [0.2, 0.25) is 21.8 Å². The summed E-state index contributed by atoms with van der Waals surface area (Å²) in [6.45, 7) is 2.91. The van der Waals surface area contributed by atoms with E-state index in [2.05, 4.69) is 10.3 Å². The molecule has 1 aliphatic rings. The van der Waals surface area contributed by atoms with Crippen LogP contribution in [-0.4, -0.2) is 61.1 Å². The first-order chi connectivity index (χ1) is 15.7. The number of carbonyl (C=O) groups is 2. The number of sulfonamides is 1. The van der Waals surface area contributed by atoms with Gasteiger partial charge in [-0.25, -0.2) is 22.1 Å². The molecule has 33 heavy (non-hydrogen) atoms. The molecule has 0 bridgehead atoms. The summed E-state index contributed by atoms with van der Waals surface area (Å²) in [6, 6.07) is 10.0. The summed E-state index contributed by atoms with van der Waals surface area (Å²) in [5.41, 5.74) is 0.805. The van der Waals surface area contributed by atoms with Crippen molar-refractivity contribution >= 4 is 27.7 Å². The van der Waals surface area contributed by atoms with Crippen molar-refractivity contribution in [2.24, 2.45) is 5.92 Å². The number of amides is 2. The average Bonchev–Trinajstić information content (AvgIpc) is 2.79. The Kier molecular flexibility index (Phi) is 8.15. The van der Waals surface area contributed by atoms with Crippen molar-refractivity contribution in [2.45, 2.75) is 37.5 Å². The molecule has 1 aliphatic heterocycles. The Bertz CT molecular complexity index is 1090. The molecule has 2 heterocycles. The molecule has 1 atom stereocenters. The number of anilines is 1. The molecule has 1 aromatic heterocycles. The maximum atomic E-state index is 13.1. The minimum atomic E-state index is -3.75. The normalized spacial score (nSPS) is 16.6. The third kappa shape index (κ3) is 6.58. The lowest BCUT2D eigenvalue weighted by molar-refractivity contribution is -0.134. The van der Waals surface area contributed by atoms with Gasteiger partial charge < -0.3 is 10.2 Å². The molecule has 1 fully saturated rings. The zero-order chi connectivity index (χ0) is 24.0. The van der Waals surface area contributed by atoms with Crippen molar-refractivity contribution < 1.29 is 22.4 Å². The lowest BCUT2D eigenvalue weighted by Gasteiger charge is -2.32. The molecule has 0 aliphatic carbocycles. The lowest BCUT2D eigenvalue weighted by Crippen LogP contribution is -2.44. The van der Waals surface area contributed by atoms with E-state index in [4.69, 9.17) is 0 Å². The van der Waals surface area contributed by atoms with Gasteiger partial charge in [0.1, 0.15) is 11.6 Å². The molecule has 0 radical (unpaired) electrons. The third-order valence-corrected chi connectivity index (χ3v) is 7.54. The Morgan fingerprint density at radius 1 is 1.21 bits per heavy atom. The minimum Gasteiger partial charge on any atom is -0.342 e. The summed E-state index contributed by atoms with van der Waals surface area (Å²) in [6.07, 6.45) is 1.94. The van der Waals surface area contributed by atoms with E-state index in [1.807, 2.05) is 19.1 Å². The van der Waals surface area contributed by atoms with Crippen LogP contribution in [0.4, 0.5) is 10.2 Å². The summed E-state index contributed by atoms with van der Waals surface area (Å²) in [7, 11) is -2.31. The zero-order valence-corrected chi connectivity index (χ0v) is 19.6. The van der Waals surface area contributed by atoms with Crippen molar-refractivity contribution in [2.75, 3.05) is 32.0 Å². The summed E-state index contributed by atoms with van der Waals surface area (Å²) in [5, 5.41) is 2.82. The molecule has 3 rings (SSSR count). The number of nitrogens with one attached hydrogen (secondary N) is 1. The average molecular weight is 477 g/mol. The van der Waals surface area contributed by atoms with Crippen LogP contribution < -0.4 is 5.32 Å². The van der Waals surface area contributed by atoms with E-state index in [9.17, 15) is 22.4 Å². The topological polar surface area (TPSA) is 99.7 Å². The second-order valence-electron chi connectivity index (χ2n) is 8.22. The van der Waals surface area contributed by atoms with Gasteiger partial charge in [-0.15, -0.1) is 0 Å². The Morgan fingerprint density at radius 2 is 1.94 bits per heavy atom. The largest absolute Gasteiger partial charge is 0.342 e. The van der Waals surface area contributed by atoms with Crippen LogP contribution in [0.25, 0.3) is 0 Å². The Balaban J connectivity index is 1.48. The van der Waals surface area contributed by atoms with Gasteiger partial charge in [0.25, 0.3) is 0 Å². The van der Waals surface area contributed by atoms with E-state index >= 15 is 0 Å². The van der Waals surface area contributed by atoms with Crippen molar-refractivity contribution in [3.63, 3.8) is 0 Å². The fourth-order valence-corrected chi connectivity index (χ4v) is 4.99. The minimum absolute atomic E-state index is 0.00529. The number of halogens is 1. The summed E-state index contributed by atoms with van der Waals surface area (Å²) >= 11 is 0. The third-order valence-electron chi connectivity index (χ3n) is 5.67. The molecule has 10 heteroatoms. The first-order valence-corrected chi connectivity index (χ1v) is 12.3. The maximum Gasteiger partial charge on any atom is 0.242 e. The fourth-order valence-electron chi connectivity index (χ4n) is 3.78. The van der Waals surface area contributed by atoms with Crippen LogP contribution in [-0.2, 0) is 19.6 Å². The number of hydrogen-bond donors (Lipinski definition) is 1. The highest BCUT2D eigenvalue weighted by Crippen LogP contribution is 2.20. The van der Waals surface area contributed by atoms with E-state index in [0.29, 0.717) is 31.7 Å². The predicted molar refractivity (Wildman–Crippen MR) is 122 cm³/mol. The van der Waals surface area contributed by atoms with Crippen LogP contribution >= 0.6 is 0 Å². The first-order valence-electron chi connectivity index (χ1n) is 10.9. The van der Waals surface area contributed by atoms with Crippen LogP contribution in [0.5, 0.6) is 0 Å². The number of benzene rings is 1. The summed E-state index contributed by atoms with van der Waals surface area (Å²) < 4.78 is 39.4. The number of aryl methyl sites for hydroxylation is 1. The highest BCUT2D eigenvalue weighted by atomic mass is 32.2. The number of likely N-dealkylation sites (tertiary alicyclic amines) is 1. The molecule has 2 amide bonds. The van der Waals surface area contributed by atoms with E-state index in [1.165, 1.54) is 19.2 Å². The number of nitrogens with zero attached hydrogens (tertiary/aromatic N) is 3. The predicted octanol–water partition coefficient (Wildman–Crippen LogP) is 2.81. The van der Waals surface area contributed by atoms with Gasteiger partial charge in [-0.1, -0.05) is 6.07 Å². The van der Waals surface area contributed by atoms with Crippen molar-refractivity contribution in [3.8, 4) is 0 Å². The molecule has 8 nitrogen and oxygen atoms in total. The summed E-state index contributed by atoms with van der Waals surface area (Å²) in [5.74, 6) is -0.587. The van der Waals surface area contributed by atoms with Gasteiger partial charge in [-0.3, -0.25) is 9.59 Å². The molecule has 0 unspecified atom stereocenters. The van der Waals surface area contributed by atoms with E-state index in [0.717, 1.165) is 28.6 Å². The molecule has 1 N–H and O–H groups in total. The number of rotatable bonds is 8. The maximum absolute atomic E-state index is 13.1. The Labute approximate surface area is 193 Å². The van der Waals surface area contributed by atoms with E-state index in [1.54, 1.807) is 11.0 Å². The van der Waals surface area contributed by atoms with Crippen molar-refractivity contribution in [1.82, 2.24) is 14.2 Å². The molecule has 2 aromatic rings. The SMILES string of the molecule is Cc1cccc(NC(=O)[C@H]2CCCN(C(=O)CCCN(C)S(=O)(=O)c3ccc(F)cc3)C2)n1. The fraction of sp³-hybridized carbons (Fsp3) is 0.435. The Hall–Kier alpha value is -2.85. The molecule has 0 saturated carbocycles. The van der Waals surface area contributed by atoms with E-state index < -0.39 is 15.8 Å². The number of piperidine rings is 1. The second-order valence-corrected chi connectivity index (χ2v) is 10.3. The highest BCUT2D eigenvalue weighted by Gasteiger charge is 2.29. The van der Waals surface area contributed by atoms with Crippen LogP contribution in [0.1, 0.15) is 31.4 Å². The van der Waals surface area contributed by atoms with Gasteiger partial charge in [0, 0.05) is 38.8 Å². The van der Waals surface area contributed by atoms with Crippen LogP contribution in [0.15, 0.2) is 47.4 Å². The van der Waals surface area contributed by atoms with Crippen LogP contribution in [0.2, 0.25) is 0 Å². The van der Waals surface area contributed by atoms with Gasteiger partial charge in [0.05, 0.1) is 10.8 Å². The number of hydrogen-bond acceptors (Lipinski definition) is 5. The van der Waals surface area contributed by atoms with Gasteiger partial charge in [0.15, 0.2) is 0 Å². The zero-order valence-electron chi connectivity index (χ0n) is 18.8. The molecular weight excluding hydrogens is 447 g/mol. The molecule has 178 valence electrons. The monoisotopic (exact) mass is 476 g/mol. The highest BCUT2D eigenvalue weighted by molar-refractivity contribution is 7.89. The van der Waals surface area contributed by atoms with Gasteiger partial charge in [-0.05, 0) is 62.6 Å². The standard InChI is InChI=1S/C23H29FN4O4S/c1-17-6-3-8-21(25-17)26-23(30)18-7-4-15-28(16-18)22(29)9-5-14-27(2)33(31,32)20-12-10-19(24)11-13-20/h3,6,8,10-13,18H,4-5,7,9,14-16H2,1-2H3,(H,25,26,30)/t18-/m0/s1. The van der Waals surface area contributed by atoms with Crippen LogP contribution in [0, 0.1) is 18.7 Å². The quantitative estimate of drug-likeness (QED) is 0.632. The molecule has 0 spiro atoms. The van der Waals surface area contributed by atoms with Crippen molar-refractivity contribution in [1.29, 1.82) is 0 Å². The Morgan fingerprint density at radius 3 is 2.64 bits per heavy atom. The molecule has 1 saturated heterocycles. The van der Waals surface area contributed by atoms with Crippen LogP contribution in [0.3, 0.4) is 0 Å². The second kappa shape index (κ2) is 10.8. The number of carbonyl (C=O) groups excluding carboxylic acids is 2. The smallest absolute Gasteiger partial charge is 0.242 e. The van der Waals surface area contributed by atoms with Crippen molar-refractivity contribution in [3.05, 3.63) is 54.0 Å². The number of aromatic nitrogens is 1. The lowest BCUT2D eigenvalue weighted by atomic mass is 9.96. The molecular formula is C23H29FN4O4S. The number of pyridine rings is 1. The van der Waals surface area contributed by atoms with Gasteiger partial charge >= 0.3 is 0 Å². The van der Waals surface area contributed by atoms with Gasteiger partial charge in [-0.2, -0.15) is 0 Å². The molecule has 1 aromatic carbocycles. The van der Waals surface area contributed by atoms with E-state index in [-0.39, 0.29) is 35.6 Å². The first kappa shape index (κ1) is 24.8.